The summed E-state index contributed by atoms with van der Waals surface area (Å²) >= 11 is 0. The quantitative estimate of drug-likeness (QED) is 0.556. The monoisotopic (exact) mass is 271 g/mol. The molecule has 0 aromatic heterocycles. The average molecular weight is 271 g/mol. The number of nitrogens with two attached hydrogens (primary N) is 1. The van der Waals surface area contributed by atoms with E-state index in [1.54, 1.807) is 0 Å². The molecule has 0 atom stereocenters. The molecule has 1 saturated carbocycles. The van der Waals surface area contributed by atoms with E-state index in [1.807, 2.05) is 0 Å². The molecular formula is C12H21N3O4. The van der Waals surface area contributed by atoms with Gasteiger partial charge in [0.15, 0.2) is 0 Å². The lowest BCUT2D eigenvalue weighted by Crippen LogP contribution is -2.54. The molecule has 1 rings (SSSR count). The molecule has 0 aromatic carbocycles. The van der Waals surface area contributed by atoms with Crippen LogP contribution in [-0.2, 0) is 9.59 Å². The zero-order chi connectivity index (χ0) is 14.3. The molecular weight excluding hydrogens is 250 g/mol. The summed E-state index contributed by atoms with van der Waals surface area (Å²) in [4.78, 5) is 33.2. The largest absolute Gasteiger partial charge is 0.481 e. The minimum Gasteiger partial charge on any atom is -0.481 e. The molecule has 3 amide bonds. The second-order valence-corrected chi connectivity index (χ2v) is 5.01. The van der Waals surface area contributed by atoms with Crippen molar-refractivity contribution in [1.82, 2.24) is 10.6 Å². The maximum atomic E-state index is 11.7. The third-order valence-corrected chi connectivity index (χ3v) is 3.34. The molecule has 108 valence electrons. The molecule has 19 heavy (non-hydrogen) atoms. The van der Waals surface area contributed by atoms with Gasteiger partial charge in [-0.3, -0.25) is 9.59 Å². The summed E-state index contributed by atoms with van der Waals surface area (Å²) in [5.41, 5.74) is 4.30. The highest BCUT2D eigenvalue weighted by Crippen LogP contribution is 2.31. The first-order chi connectivity index (χ1) is 8.93. The van der Waals surface area contributed by atoms with Crippen molar-refractivity contribution in [2.24, 2.45) is 5.73 Å². The lowest BCUT2D eigenvalue weighted by atomic mass is 9.79. The van der Waals surface area contributed by atoms with Crippen LogP contribution < -0.4 is 16.4 Å². The Balaban J connectivity index is 2.49. The van der Waals surface area contributed by atoms with Crippen molar-refractivity contribution in [1.29, 1.82) is 0 Å². The van der Waals surface area contributed by atoms with E-state index >= 15 is 0 Å². The number of carbonyl (C=O) groups is 3. The van der Waals surface area contributed by atoms with Gasteiger partial charge in [0, 0.05) is 13.0 Å². The van der Waals surface area contributed by atoms with Crippen LogP contribution in [-0.4, -0.2) is 35.1 Å². The van der Waals surface area contributed by atoms with E-state index in [0.717, 1.165) is 19.3 Å². The van der Waals surface area contributed by atoms with E-state index in [4.69, 9.17) is 10.8 Å². The minimum atomic E-state index is -0.917. The first-order valence-electron chi connectivity index (χ1n) is 6.50. The van der Waals surface area contributed by atoms with E-state index in [9.17, 15) is 14.4 Å². The number of primary amides is 1. The van der Waals surface area contributed by atoms with Crippen LogP contribution in [0.25, 0.3) is 0 Å². The number of urea groups is 1. The number of nitrogens with one attached hydrogen (secondary N) is 2. The average Bonchev–Trinajstić information content (AvgIpc) is 2.27. The van der Waals surface area contributed by atoms with Gasteiger partial charge < -0.3 is 21.5 Å². The number of rotatable bonds is 6. The molecule has 0 aromatic rings. The van der Waals surface area contributed by atoms with Gasteiger partial charge in [-0.15, -0.1) is 0 Å². The highest BCUT2D eigenvalue weighted by atomic mass is 16.4. The fraction of sp³-hybridized carbons (Fsp3) is 0.750. The van der Waals surface area contributed by atoms with E-state index in [1.165, 1.54) is 0 Å². The first kappa shape index (κ1) is 15.3. The predicted octanol–water partition coefficient (Wildman–Crippen LogP) is 0.339. The summed E-state index contributed by atoms with van der Waals surface area (Å²) in [5, 5.41) is 14.2. The van der Waals surface area contributed by atoms with Crippen molar-refractivity contribution >= 4 is 17.9 Å². The van der Waals surface area contributed by atoms with Gasteiger partial charge in [0.2, 0.25) is 5.91 Å². The van der Waals surface area contributed by atoms with Gasteiger partial charge in [-0.2, -0.15) is 0 Å². The van der Waals surface area contributed by atoms with E-state index in [-0.39, 0.29) is 19.4 Å². The van der Waals surface area contributed by atoms with Crippen LogP contribution in [0.15, 0.2) is 0 Å². The summed E-state index contributed by atoms with van der Waals surface area (Å²) in [7, 11) is 0. The third kappa shape index (κ3) is 5.58. The van der Waals surface area contributed by atoms with Gasteiger partial charge in [-0.1, -0.05) is 19.3 Å². The number of hydrogen-bond acceptors (Lipinski definition) is 3. The molecule has 0 aliphatic heterocycles. The van der Waals surface area contributed by atoms with Gasteiger partial charge in [0.05, 0.1) is 12.0 Å². The fourth-order valence-corrected chi connectivity index (χ4v) is 2.45. The van der Waals surface area contributed by atoms with Crippen LogP contribution in [0.5, 0.6) is 0 Å². The SMILES string of the molecule is NC(=O)CCNC(=O)NC1(CC(=O)O)CCCCC1. The van der Waals surface area contributed by atoms with Crippen molar-refractivity contribution in [2.75, 3.05) is 6.54 Å². The standard InChI is InChI=1S/C12H21N3O4/c13-9(16)4-7-14-11(19)15-12(8-10(17)18)5-2-1-3-6-12/h1-8H2,(H2,13,16)(H,17,18)(H2,14,15,19). The molecule has 0 unspecified atom stereocenters. The number of carbonyl (C=O) groups excluding carboxylic acids is 2. The topological polar surface area (TPSA) is 122 Å². The van der Waals surface area contributed by atoms with Crippen LogP contribution >= 0.6 is 0 Å². The number of carboxylic acids is 1. The minimum absolute atomic E-state index is 0.0688. The number of aliphatic carboxylic acids is 1. The van der Waals surface area contributed by atoms with Gasteiger partial charge in [-0.05, 0) is 12.8 Å². The molecule has 0 spiro atoms. The molecule has 0 bridgehead atoms. The maximum Gasteiger partial charge on any atom is 0.315 e. The van der Waals surface area contributed by atoms with Crippen LogP contribution in [0.4, 0.5) is 4.79 Å². The van der Waals surface area contributed by atoms with Gasteiger partial charge >= 0.3 is 12.0 Å². The zero-order valence-electron chi connectivity index (χ0n) is 10.9. The molecule has 0 heterocycles. The molecule has 1 fully saturated rings. The summed E-state index contributed by atoms with van der Waals surface area (Å²) in [5.74, 6) is -1.41. The number of amides is 3. The van der Waals surface area contributed by atoms with Gasteiger partial charge in [-0.25, -0.2) is 4.79 Å². The fourth-order valence-electron chi connectivity index (χ4n) is 2.45. The molecule has 1 aliphatic rings. The molecule has 5 N–H and O–H groups in total. The zero-order valence-corrected chi connectivity index (χ0v) is 10.9. The lowest BCUT2D eigenvalue weighted by molar-refractivity contribution is -0.139. The van der Waals surface area contributed by atoms with Crippen LogP contribution in [0.1, 0.15) is 44.9 Å². The van der Waals surface area contributed by atoms with Crippen molar-refractivity contribution < 1.29 is 19.5 Å². The van der Waals surface area contributed by atoms with Gasteiger partial charge in [0.25, 0.3) is 0 Å². The Labute approximate surface area is 111 Å². The van der Waals surface area contributed by atoms with Crippen LogP contribution in [0.3, 0.4) is 0 Å². The highest BCUT2D eigenvalue weighted by Gasteiger charge is 2.35. The second kappa shape index (κ2) is 6.96. The smallest absolute Gasteiger partial charge is 0.315 e. The summed E-state index contributed by atoms with van der Waals surface area (Å²) < 4.78 is 0. The molecule has 7 nitrogen and oxygen atoms in total. The maximum absolute atomic E-state index is 11.7. The normalized spacial score (nSPS) is 17.5. The van der Waals surface area contributed by atoms with E-state index in [2.05, 4.69) is 10.6 Å². The Morgan fingerprint density at radius 2 is 1.79 bits per heavy atom. The predicted molar refractivity (Wildman–Crippen MR) is 68.4 cm³/mol. The summed E-state index contributed by atoms with van der Waals surface area (Å²) in [6.45, 7) is 0.157. The first-order valence-corrected chi connectivity index (χ1v) is 6.50. The van der Waals surface area contributed by atoms with Crippen molar-refractivity contribution in [3.05, 3.63) is 0 Å². The Kier molecular flexibility index (Phi) is 5.59. The summed E-state index contributed by atoms with van der Waals surface area (Å²) in [6.07, 6.45) is 4.22. The Bertz CT molecular complexity index is 351. The van der Waals surface area contributed by atoms with Crippen molar-refractivity contribution in [3.63, 3.8) is 0 Å². The Morgan fingerprint density at radius 1 is 1.16 bits per heavy atom. The Morgan fingerprint density at radius 3 is 2.32 bits per heavy atom. The van der Waals surface area contributed by atoms with E-state index < -0.39 is 23.4 Å². The highest BCUT2D eigenvalue weighted by molar-refractivity contribution is 5.78. The van der Waals surface area contributed by atoms with E-state index in [0.29, 0.717) is 12.8 Å². The Hall–Kier alpha value is -1.79. The van der Waals surface area contributed by atoms with Gasteiger partial charge in [0.1, 0.15) is 0 Å². The third-order valence-electron chi connectivity index (χ3n) is 3.34. The second-order valence-electron chi connectivity index (χ2n) is 5.01. The molecule has 0 radical (unpaired) electrons. The van der Waals surface area contributed by atoms with Crippen molar-refractivity contribution in [3.8, 4) is 0 Å². The number of carboxylic acid groups (broad SMARTS) is 1. The van der Waals surface area contributed by atoms with Crippen molar-refractivity contribution in [2.45, 2.75) is 50.5 Å². The van der Waals surface area contributed by atoms with Crippen LogP contribution in [0, 0.1) is 0 Å². The van der Waals surface area contributed by atoms with Crippen LogP contribution in [0.2, 0.25) is 0 Å². The lowest BCUT2D eigenvalue weighted by Gasteiger charge is -2.36. The molecule has 7 heteroatoms. The molecule has 0 saturated heterocycles. The summed E-state index contributed by atoms with van der Waals surface area (Å²) in [6, 6.07) is -0.440. The number of hydrogen-bond donors (Lipinski definition) is 4. The molecule has 1 aliphatic carbocycles.